The number of hydrogen-bond donors (Lipinski definition) is 0. The average Bonchev–Trinajstić information content (AvgIpc) is 2.67. The smallest absolute Gasteiger partial charge is 0.323 e. The molecule has 3 heteroatoms. The number of allylic oxidation sites excluding steroid dienone is 2. The molecule has 3 heterocycles. The largest absolute Gasteiger partial charge is 0.699 e. The molecule has 2 nitrogen and oxygen atoms in total. The van der Waals surface area contributed by atoms with Crippen LogP contribution in [0.2, 0.25) is 0 Å². The Labute approximate surface area is 96.9 Å². The fourth-order valence-corrected chi connectivity index (χ4v) is 2.59. The summed E-state index contributed by atoms with van der Waals surface area (Å²) in [5, 5.41) is 0. The van der Waals surface area contributed by atoms with Gasteiger partial charge in [-0.2, -0.15) is 0 Å². The van der Waals surface area contributed by atoms with E-state index >= 15 is 0 Å². The van der Waals surface area contributed by atoms with Crippen molar-refractivity contribution in [2.24, 2.45) is 0 Å². The van der Waals surface area contributed by atoms with E-state index in [0.29, 0.717) is 0 Å². The molecular weight excluding hydrogens is 195 g/mol. The van der Waals surface area contributed by atoms with Gasteiger partial charge in [-0.15, -0.1) is 0 Å². The van der Waals surface area contributed by atoms with Crippen LogP contribution < -0.4 is 0 Å². The van der Waals surface area contributed by atoms with E-state index in [9.17, 15) is 0 Å². The molecule has 2 aliphatic rings. The molecule has 0 saturated heterocycles. The van der Waals surface area contributed by atoms with Gasteiger partial charge in [0, 0.05) is 36.0 Å². The summed E-state index contributed by atoms with van der Waals surface area (Å²) in [7, 11) is 2.19. The highest BCUT2D eigenvalue weighted by atomic mass is 15.1. The molecule has 2 aliphatic heterocycles. The van der Waals surface area contributed by atoms with Crippen molar-refractivity contribution < 1.29 is 4.49 Å². The minimum atomic E-state index is 1.29. The Morgan fingerprint density at radius 2 is 1.88 bits per heavy atom. The Morgan fingerprint density at radius 1 is 1.12 bits per heavy atom. The van der Waals surface area contributed by atoms with Crippen LogP contribution >= 0.6 is 0 Å². The lowest BCUT2D eigenvalue weighted by atomic mass is 10.0. The second kappa shape index (κ2) is 3.00. The van der Waals surface area contributed by atoms with Gasteiger partial charge in [0.1, 0.15) is 0 Å². The molecule has 1 radical (unpaired) electrons. The molecule has 79 valence electrons. The first-order valence-electron chi connectivity index (χ1n) is 5.64. The minimum absolute atomic E-state index is 1.29. The number of hydrogen-bond acceptors (Lipinski definition) is 0. The van der Waals surface area contributed by atoms with Crippen LogP contribution in [0.5, 0.6) is 0 Å². The zero-order valence-electron chi connectivity index (χ0n) is 10.2. The van der Waals surface area contributed by atoms with Gasteiger partial charge in [-0.3, -0.25) is 4.49 Å². The maximum absolute atomic E-state index is 2.28. The Balaban J connectivity index is 2.26. The van der Waals surface area contributed by atoms with E-state index in [1.54, 1.807) is 0 Å². The molecule has 0 fully saturated rings. The van der Waals surface area contributed by atoms with Crippen LogP contribution in [-0.4, -0.2) is 22.2 Å². The third kappa shape index (κ3) is 1.11. The third-order valence-corrected chi connectivity index (χ3v) is 3.44. The zero-order chi connectivity index (χ0) is 11.4. The van der Waals surface area contributed by atoms with Crippen molar-refractivity contribution in [1.82, 2.24) is 4.48 Å². The normalized spacial score (nSPS) is 17.8. The number of fused-ring (bicyclic) bond motifs is 2. The first-order chi connectivity index (χ1) is 7.58. The first kappa shape index (κ1) is 9.70. The summed E-state index contributed by atoms with van der Waals surface area (Å²) in [4.78, 5) is 0. The standard InChI is InChI=1S/C13H15BN2/c1-8-5-10(3)15-12(8)7-13-9(2)6-11(4)16(13)14-15/h5-7H,1-4H3/q+1. The van der Waals surface area contributed by atoms with Gasteiger partial charge >= 0.3 is 7.55 Å². The lowest BCUT2D eigenvalue weighted by Gasteiger charge is -2.12. The van der Waals surface area contributed by atoms with Gasteiger partial charge in [0.15, 0.2) is 11.4 Å². The molecule has 3 rings (SSSR count). The summed E-state index contributed by atoms with van der Waals surface area (Å²) in [5.74, 6) is 0. The molecule has 16 heavy (non-hydrogen) atoms. The summed E-state index contributed by atoms with van der Waals surface area (Å²) in [6, 6.07) is 2.24. The summed E-state index contributed by atoms with van der Waals surface area (Å²) in [5.41, 5.74) is 7.90. The molecule has 0 bridgehead atoms. The van der Waals surface area contributed by atoms with E-state index in [-0.39, 0.29) is 0 Å². The third-order valence-electron chi connectivity index (χ3n) is 3.44. The van der Waals surface area contributed by atoms with Gasteiger partial charge in [0.2, 0.25) is 0 Å². The van der Waals surface area contributed by atoms with Crippen LogP contribution in [0.3, 0.4) is 0 Å². The van der Waals surface area contributed by atoms with Gasteiger partial charge in [-0.25, -0.2) is 0 Å². The maximum atomic E-state index is 2.28. The quantitative estimate of drug-likeness (QED) is 0.580. The number of nitrogens with zero attached hydrogens (tertiary/aromatic N) is 2. The van der Waals surface area contributed by atoms with E-state index in [4.69, 9.17) is 0 Å². The van der Waals surface area contributed by atoms with Crippen LogP contribution in [0, 0.1) is 13.8 Å². The first-order valence-corrected chi connectivity index (χ1v) is 5.64. The van der Waals surface area contributed by atoms with Crippen molar-refractivity contribution in [2.75, 3.05) is 0 Å². The van der Waals surface area contributed by atoms with Crippen molar-refractivity contribution in [3.8, 4) is 0 Å². The van der Waals surface area contributed by atoms with Gasteiger partial charge in [0.05, 0.1) is 0 Å². The van der Waals surface area contributed by atoms with E-state index in [1.807, 2.05) is 0 Å². The van der Waals surface area contributed by atoms with Gasteiger partial charge < -0.3 is 4.48 Å². The van der Waals surface area contributed by atoms with E-state index in [2.05, 4.69) is 62.4 Å². The summed E-state index contributed by atoms with van der Waals surface area (Å²) >= 11 is 0. The highest BCUT2D eigenvalue weighted by Gasteiger charge is 2.34. The SMILES string of the molecule is CC1=CC(C)=[N+]2[B]n3c(C)cc(C)c3C=C12. The van der Waals surface area contributed by atoms with Crippen molar-refractivity contribution in [3.63, 3.8) is 0 Å². The fourth-order valence-electron chi connectivity index (χ4n) is 2.59. The average molecular weight is 210 g/mol. The predicted octanol–water partition coefficient (Wildman–Crippen LogP) is 2.28. The minimum Gasteiger partial charge on any atom is -0.323 e. The topological polar surface area (TPSA) is 7.94 Å². The maximum Gasteiger partial charge on any atom is 0.699 e. The second-order valence-electron chi connectivity index (χ2n) is 4.71. The Kier molecular flexibility index (Phi) is 1.82. The molecule has 0 aromatic carbocycles. The molecule has 0 unspecified atom stereocenters. The van der Waals surface area contributed by atoms with Crippen molar-refractivity contribution in [2.45, 2.75) is 27.7 Å². The lowest BCUT2D eigenvalue weighted by molar-refractivity contribution is -0.314. The Hall–Kier alpha value is -1.51. The molecule has 1 aromatic heterocycles. The second-order valence-corrected chi connectivity index (χ2v) is 4.71. The molecule has 0 N–H and O–H groups in total. The zero-order valence-corrected chi connectivity index (χ0v) is 10.2. The molecule has 0 saturated carbocycles. The highest BCUT2D eigenvalue weighted by molar-refractivity contribution is 6.28. The van der Waals surface area contributed by atoms with E-state index < -0.39 is 0 Å². The van der Waals surface area contributed by atoms with Crippen LogP contribution in [0.1, 0.15) is 30.8 Å². The van der Waals surface area contributed by atoms with Gasteiger partial charge in [-0.1, -0.05) is 0 Å². The Bertz CT molecular complexity index is 585. The molecule has 1 aromatic rings. The summed E-state index contributed by atoms with van der Waals surface area (Å²) in [6.07, 6.45) is 4.52. The van der Waals surface area contributed by atoms with Gasteiger partial charge in [-0.05, 0) is 32.4 Å². The summed E-state index contributed by atoms with van der Waals surface area (Å²) in [6.45, 7) is 8.64. The van der Waals surface area contributed by atoms with Crippen LogP contribution in [0.4, 0.5) is 0 Å². The monoisotopic (exact) mass is 210 g/mol. The molecule has 0 atom stereocenters. The van der Waals surface area contributed by atoms with Crippen LogP contribution in [0.25, 0.3) is 6.08 Å². The molecular formula is C13H15BN2+. The number of aryl methyl sites for hydroxylation is 2. The lowest BCUT2D eigenvalue weighted by Crippen LogP contribution is -2.29. The summed E-state index contributed by atoms with van der Waals surface area (Å²) < 4.78 is 4.52. The van der Waals surface area contributed by atoms with Crippen molar-refractivity contribution in [1.29, 1.82) is 0 Å². The van der Waals surface area contributed by atoms with Crippen molar-refractivity contribution >= 4 is 19.3 Å². The molecule has 0 amide bonds. The molecule has 0 aliphatic carbocycles. The van der Waals surface area contributed by atoms with Crippen LogP contribution in [-0.2, 0) is 0 Å². The van der Waals surface area contributed by atoms with Gasteiger partial charge in [0.25, 0.3) is 0 Å². The predicted molar refractivity (Wildman–Crippen MR) is 67.7 cm³/mol. The molecule has 0 spiro atoms. The fraction of sp³-hybridized carbons (Fsp3) is 0.308. The van der Waals surface area contributed by atoms with Crippen molar-refractivity contribution in [3.05, 3.63) is 40.4 Å². The highest BCUT2D eigenvalue weighted by Crippen LogP contribution is 2.27. The number of aromatic nitrogens is 1. The van der Waals surface area contributed by atoms with E-state index in [1.165, 1.54) is 33.9 Å². The van der Waals surface area contributed by atoms with E-state index in [0.717, 1.165) is 0 Å². The Morgan fingerprint density at radius 3 is 2.62 bits per heavy atom. The van der Waals surface area contributed by atoms with Crippen LogP contribution in [0.15, 0.2) is 23.4 Å². The number of rotatable bonds is 0.